The lowest BCUT2D eigenvalue weighted by atomic mass is 10.1. The van der Waals surface area contributed by atoms with Gasteiger partial charge in [0.1, 0.15) is 5.76 Å². The van der Waals surface area contributed by atoms with Gasteiger partial charge in [-0.3, -0.25) is 9.88 Å². The Balaban J connectivity index is 2.00. The zero-order valence-electron chi connectivity index (χ0n) is 13.0. The van der Waals surface area contributed by atoms with E-state index < -0.39 is 0 Å². The Labute approximate surface area is 120 Å². The maximum Gasteiger partial charge on any atom is 0.138 e. The van der Waals surface area contributed by atoms with E-state index in [9.17, 15) is 0 Å². The second-order valence-corrected chi connectivity index (χ2v) is 5.60. The van der Waals surface area contributed by atoms with Crippen molar-refractivity contribution >= 4 is 0 Å². The fourth-order valence-corrected chi connectivity index (χ4v) is 2.30. The number of pyridine rings is 1. The third-order valence-electron chi connectivity index (χ3n) is 3.82. The van der Waals surface area contributed by atoms with Crippen LogP contribution in [-0.2, 0) is 13.0 Å². The summed E-state index contributed by atoms with van der Waals surface area (Å²) in [6.07, 6.45) is 2.83. The van der Waals surface area contributed by atoms with Gasteiger partial charge in [0.05, 0.1) is 5.69 Å². The molecule has 4 nitrogen and oxygen atoms in total. The number of aromatic nitrogens is 2. The smallest absolute Gasteiger partial charge is 0.138 e. The van der Waals surface area contributed by atoms with Gasteiger partial charge in [0.2, 0.25) is 0 Å². The maximum atomic E-state index is 5.22. The molecule has 0 aliphatic carbocycles. The number of nitrogens with zero attached hydrogens (tertiary/aromatic N) is 3. The monoisotopic (exact) mass is 273 g/mol. The first-order chi connectivity index (χ1) is 9.47. The van der Waals surface area contributed by atoms with Crippen molar-refractivity contribution < 1.29 is 4.52 Å². The molecular weight excluding hydrogens is 250 g/mol. The number of aryl methyl sites for hydroxylation is 3. The minimum atomic E-state index is 0.415. The molecule has 2 heterocycles. The number of hydrogen-bond donors (Lipinski definition) is 0. The van der Waals surface area contributed by atoms with Crippen LogP contribution in [0, 0.1) is 20.8 Å². The first kappa shape index (κ1) is 14.7. The fraction of sp³-hybridized carbons (Fsp3) is 0.500. The van der Waals surface area contributed by atoms with Crippen molar-refractivity contribution in [3.05, 3.63) is 46.6 Å². The lowest BCUT2D eigenvalue weighted by Crippen LogP contribution is -2.31. The minimum Gasteiger partial charge on any atom is -0.361 e. The van der Waals surface area contributed by atoms with Crippen LogP contribution in [0.4, 0.5) is 0 Å². The molecule has 0 spiro atoms. The van der Waals surface area contributed by atoms with E-state index in [0.717, 1.165) is 30.1 Å². The second kappa shape index (κ2) is 6.18. The molecule has 0 unspecified atom stereocenters. The van der Waals surface area contributed by atoms with Gasteiger partial charge in [0.15, 0.2) is 0 Å². The Morgan fingerprint density at radius 2 is 2.05 bits per heavy atom. The van der Waals surface area contributed by atoms with E-state index in [0.29, 0.717) is 6.04 Å². The van der Waals surface area contributed by atoms with Gasteiger partial charge in [-0.15, -0.1) is 0 Å². The first-order valence-electron chi connectivity index (χ1n) is 7.01. The average Bonchev–Trinajstić information content (AvgIpc) is 2.70. The molecule has 0 saturated heterocycles. The van der Waals surface area contributed by atoms with Crippen LogP contribution >= 0.6 is 0 Å². The lowest BCUT2D eigenvalue weighted by Gasteiger charge is -2.24. The Kier molecular flexibility index (Phi) is 4.55. The fourth-order valence-electron chi connectivity index (χ4n) is 2.30. The number of rotatable bonds is 5. The van der Waals surface area contributed by atoms with E-state index in [4.69, 9.17) is 4.52 Å². The molecule has 0 radical (unpaired) electrons. The quantitative estimate of drug-likeness (QED) is 0.839. The standard InChI is InChI=1S/C16H23N3O/c1-11-6-7-17-15(8-11)9-12(2)19(5)10-16-13(3)18-20-14(16)4/h6-8,12H,9-10H2,1-5H3/t12-/m0/s1. The van der Waals surface area contributed by atoms with Crippen molar-refractivity contribution in [3.8, 4) is 0 Å². The van der Waals surface area contributed by atoms with Crippen LogP contribution in [-0.4, -0.2) is 28.1 Å². The summed E-state index contributed by atoms with van der Waals surface area (Å²) in [4.78, 5) is 6.75. The maximum absolute atomic E-state index is 5.22. The number of hydrogen-bond acceptors (Lipinski definition) is 4. The van der Waals surface area contributed by atoms with Gasteiger partial charge < -0.3 is 4.52 Å². The Hall–Kier alpha value is -1.68. The van der Waals surface area contributed by atoms with Gasteiger partial charge in [-0.2, -0.15) is 0 Å². The van der Waals surface area contributed by atoms with Crippen molar-refractivity contribution in [1.29, 1.82) is 0 Å². The third-order valence-corrected chi connectivity index (χ3v) is 3.82. The van der Waals surface area contributed by atoms with Crippen LogP contribution in [0.5, 0.6) is 0 Å². The number of likely N-dealkylation sites (N-methyl/N-ethyl adjacent to an activating group) is 1. The molecule has 4 heteroatoms. The lowest BCUT2D eigenvalue weighted by molar-refractivity contribution is 0.245. The minimum absolute atomic E-state index is 0.415. The van der Waals surface area contributed by atoms with E-state index in [1.165, 1.54) is 11.1 Å². The SMILES string of the molecule is Cc1ccnc(C[C@H](C)N(C)Cc2c(C)noc2C)c1. The van der Waals surface area contributed by atoms with Crippen molar-refractivity contribution in [1.82, 2.24) is 15.0 Å². The Bertz CT molecular complexity index is 557. The highest BCUT2D eigenvalue weighted by atomic mass is 16.5. The Morgan fingerprint density at radius 1 is 1.30 bits per heavy atom. The molecule has 0 aliphatic heterocycles. The summed E-state index contributed by atoms with van der Waals surface area (Å²) in [6, 6.07) is 4.60. The van der Waals surface area contributed by atoms with Crippen LogP contribution in [0.2, 0.25) is 0 Å². The zero-order chi connectivity index (χ0) is 14.7. The van der Waals surface area contributed by atoms with E-state index in [2.05, 4.69) is 42.0 Å². The molecule has 2 aromatic rings. The molecule has 0 bridgehead atoms. The van der Waals surface area contributed by atoms with Crippen LogP contribution in [0.25, 0.3) is 0 Å². The molecule has 0 amide bonds. The predicted octanol–water partition coefficient (Wildman–Crippen LogP) is 3.06. The molecule has 0 aromatic carbocycles. The molecular formula is C16H23N3O. The van der Waals surface area contributed by atoms with Crippen molar-refractivity contribution in [2.24, 2.45) is 0 Å². The summed E-state index contributed by atoms with van der Waals surface area (Å²) in [5.41, 5.74) is 4.57. The second-order valence-electron chi connectivity index (χ2n) is 5.60. The van der Waals surface area contributed by atoms with Crippen LogP contribution in [0.3, 0.4) is 0 Å². The van der Waals surface area contributed by atoms with Crippen LogP contribution in [0.15, 0.2) is 22.9 Å². The predicted molar refractivity (Wildman–Crippen MR) is 79.6 cm³/mol. The van der Waals surface area contributed by atoms with E-state index in [-0.39, 0.29) is 0 Å². The van der Waals surface area contributed by atoms with Gasteiger partial charge in [-0.25, -0.2) is 0 Å². The molecule has 0 N–H and O–H groups in total. The molecule has 1 atom stereocenters. The van der Waals surface area contributed by atoms with Crippen LogP contribution in [0.1, 0.15) is 35.2 Å². The topological polar surface area (TPSA) is 42.2 Å². The third kappa shape index (κ3) is 3.45. The normalized spacial score (nSPS) is 12.9. The summed E-state index contributed by atoms with van der Waals surface area (Å²) in [5.74, 6) is 0.912. The highest BCUT2D eigenvalue weighted by Crippen LogP contribution is 2.16. The highest BCUT2D eigenvalue weighted by molar-refractivity contribution is 5.21. The molecule has 2 aromatic heterocycles. The average molecular weight is 273 g/mol. The summed E-state index contributed by atoms with van der Waals surface area (Å²) in [5, 5.41) is 4.01. The van der Waals surface area contributed by atoms with Gasteiger partial charge in [-0.05, 0) is 52.4 Å². The summed E-state index contributed by atoms with van der Waals surface area (Å²) in [7, 11) is 2.13. The van der Waals surface area contributed by atoms with Crippen LogP contribution < -0.4 is 0 Å². The molecule has 108 valence electrons. The van der Waals surface area contributed by atoms with Gasteiger partial charge in [0.25, 0.3) is 0 Å². The summed E-state index contributed by atoms with van der Waals surface area (Å²) < 4.78 is 5.22. The van der Waals surface area contributed by atoms with E-state index >= 15 is 0 Å². The molecule has 2 rings (SSSR count). The highest BCUT2D eigenvalue weighted by Gasteiger charge is 2.16. The molecule has 0 saturated carbocycles. The Morgan fingerprint density at radius 3 is 2.65 bits per heavy atom. The summed E-state index contributed by atoms with van der Waals surface area (Å²) in [6.45, 7) is 9.14. The first-order valence-corrected chi connectivity index (χ1v) is 7.01. The molecule has 0 fully saturated rings. The van der Waals surface area contributed by atoms with E-state index in [1.807, 2.05) is 26.1 Å². The van der Waals surface area contributed by atoms with Gasteiger partial charge in [0, 0.05) is 36.5 Å². The van der Waals surface area contributed by atoms with Gasteiger partial charge in [-0.1, -0.05) is 5.16 Å². The summed E-state index contributed by atoms with van der Waals surface area (Å²) >= 11 is 0. The largest absolute Gasteiger partial charge is 0.361 e. The van der Waals surface area contributed by atoms with Gasteiger partial charge >= 0.3 is 0 Å². The van der Waals surface area contributed by atoms with E-state index in [1.54, 1.807) is 0 Å². The van der Waals surface area contributed by atoms with Crippen molar-refractivity contribution in [2.45, 2.75) is 46.7 Å². The van der Waals surface area contributed by atoms with Crippen molar-refractivity contribution in [2.75, 3.05) is 7.05 Å². The zero-order valence-corrected chi connectivity index (χ0v) is 13.0. The molecule has 0 aliphatic rings. The van der Waals surface area contributed by atoms with Crippen molar-refractivity contribution in [3.63, 3.8) is 0 Å². The molecule has 20 heavy (non-hydrogen) atoms.